The number of unbranched alkanes of at least 4 members (excludes halogenated alkanes) is 45. The normalized spacial score (nSPS) is 12.7. The summed E-state index contributed by atoms with van der Waals surface area (Å²) in [6, 6.07) is -0.624. The van der Waals surface area contributed by atoms with Gasteiger partial charge in [0.2, 0.25) is 5.91 Å². The van der Waals surface area contributed by atoms with Crippen LogP contribution in [0.2, 0.25) is 0 Å². The van der Waals surface area contributed by atoms with Crippen LogP contribution in [-0.4, -0.2) is 47.4 Å². The Morgan fingerprint density at radius 1 is 0.391 bits per heavy atom. The van der Waals surface area contributed by atoms with Crippen LogP contribution in [0.5, 0.6) is 0 Å². The Kier molecular flexibility index (Phi) is 57.5. The minimum atomic E-state index is -0.841. The van der Waals surface area contributed by atoms with Gasteiger partial charge in [-0.05, 0) is 57.8 Å². The third kappa shape index (κ3) is 55.5. The lowest BCUT2D eigenvalue weighted by molar-refractivity contribution is -0.143. The minimum Gasteiger partial charge on any atom is -0.466 e. The standard InChI is InChI=1S/C63H121NO5/c1-3-5-7-9-11-13-14-15-34-37-41-45-49-53-57-63(68)69-58-54-50-46-42-38-35-32-30-28-26-24-22-20-18-16-17-19-21-23-25-27-29-31-33-36-40-44-48-52-56-62(67)64-60(59-65)61(66)55-51-47-43-39-12-10-8-6-4-2/h16,18,51,55,60-61,65-66H,3-15,17,19-50,52-54,56-59H2,1-2H3,(H,64,67)/b18-16-,55-51+. The second-order valence-corrected chi connectivity index (χ2v) is 21.4. The van der Waals surface area contributed by atoms with E-state index < -0.39 is 12.1 Å². The number of esters is 1. The topological polar surface area (TPSA) is 95.9 Å². The summed E-state index contributed by atoms with van der Waals surface area (Å²) >= 11 is 0. The van der Waals surface area contributed by atoms with E-state index >= 15 is 0 Å². The molecular weight excluding hydrogens is 851 g/mol. The molecule has 0 aromatic heterocycles. The maximum atomic E-state index is 12.4. The number of carbonyl (C=O) groups excluding carboxylic acids is 2. The number of ether oxygens (including phenoxy) is 1. The highest BCUT2D eigenvalue weighted by Gasteiger charge is 2.18. The molecule has 69 heavy (non-hydrogen) atoms. The summed E-state index contributed by atoms with van der Waals surface area (Å²) in [5, 5.41) is 22.9. The van der Waals surface area contributed by atoms with E-state index in [0.29, 0.717) is 19.4 Å². The molecule has 6 nitrogen and oxygen atoms in total. The van der Waals surface area contributed by atoms with Gasteiger partial charge in [-0.3, -0.25) is 9.59 Å². The van der Waals surface area contributed by atoms with Crippen molar-refractivity contribution < 1.29 is 24.5 Å². The Balaban J connectivity index is 3.34. The number of rotatable bonds is 58. The molecule has 0 rings (SSSR count). The lowest BCUT2D eigenvalue weighted by Gasteiger charge is -2.20. The zero-order valence-corrected chi connectivity index (χ0v) is 46.6. The van der Waals surface area contributed by atoms with Crippen LogP contribution in [0, 0.1) is 0 Å². The summed E-state index contributed by atoms with van der Waals surface area (Å²) in [5.41, 5.74) is 0. The first-order valence-electron chi connectivity index (χ1n) is 31.1. The molecule has 2 unspecified atom stereocenters. The molecular formula is C63H121NO5. The highest BCUT2D eigenvalue weighted by Crippen LogP contribution is 2.17. The van der Waals surface area contributed by atoms with Crippen LogP contribution in [0.25, 0.3) is 0 Å². The summed E-state index contributed by atoms with van der Waals surface area (Å²) < 4.78 is 5.49. The van der Waals surface area contributed by atoms with Crippen molar-refractivity contribution in [1.82, 2.24) is 5.32 Å². The molecule has 0 saturated carbocycles. The molecule has 0 fully saturated rings. The van der Waals surface area contributed by atoms with Crippen molar-refractivity contribution in [1.29, 1.82) is 0 Å². The number of hydrogen-bond acceptors (Lipinski definition) is 5. The Bertz CT molecular complexity index is 1080. The molecule has 0 spiro atoms. The Hall–Kier alpha value is -1.66. The average Bonchev–Trinajstić information content (AvgIpc) is 3.35. The number of aliphatic hydroxyl groups excluding tert-OH is 2. The molecule has 0 aromatic carbocycles. The second-order valence-electron chi connectivity index (χ2n) is 21.4. The monoisotopic (exact) mass is 972 g/mol. The first kappa shape index (κ1) is 67.3. The van der Waals surface area contributed by atoms with Gasteiger partial charge in [0.15, 0.2) is 0 Å². The third-order valence-corrected chi connectivity index (χ3v) is 14.5. The van der Waals surface area contributed by atoms with E-state index in [1.807, 2.05) is 6.08 Å². The van der Waals surface area contributed by atoms with Gasteiger partial charge in [0.25, 0.3) is 0 Å². The summed E-state index contributed by atoms with van der Waals surface area (Å²) in [6.07, 6.45) is 72.4. The van der Waals surface area contributed by atoms with Crippen LogP contribution in [0.1, 0.15) is 341 Å². The number of carbonyl (C=O) groups is 2. The van der Waals surface area contributed by atoms with Crippen molar-refractivity contribution in [2.24, 2.45) is 0 Å². The van der Waals surface area contributed by atoms with E-state index in [9.17, 15) is 19.8 Å². The molecule has 0 heterocycles. The van der Waals surface area contributed by atoms with Gasteiger partial charge in [0.05, 0.1) is 25.4 Å². The van der Waals surface area contributed by atoms with Crippen molar-refractivity contribution in [3.05, 3.63) is 24.3 Å². The largest absolute Gasteiger partial charge is 0.466 e. The van der Waals surface area contributed by atoms with Gasteiger partial charge < -0.3 is 20.3 Å². The summed E-state index contributed by atoms with van der Waals surface area (Å²) in [4.78, 5) is 24.4. The van der Waals surface area contributed by atoms with Crippen LogP contribution < -0.4 is 5.32 Å². The van der Waals surface area contributed by atoms with Crippen LogP contribution in [0.15, 0.2) is 24.3 Å². The van der Waals surface area contributed by atoms with E-state index in [4.69, 9.17) is 4.74 Å². The van der Waals surface area contributed by atoms with Crippen molar-refractivity contribution in [3.63, 3.8) is 0 Å². The minimum absolute atomic E-state index is 0.0185. The molecule has 3 N–H and O–H groups in total. The SMILES string of the molecule is CCCCCCCCC/C=C/C(O)C(CO)NC(=O)CCCCCCCCCCCCCCC/C=C\CCCCCCCCCCCCCCOC(=O)CCCCCCCCCCCCCCCC. The number of nitrogens with one attached hydrogen (secondary N) is 1. The first-order valence-corrected chi connectivity index (χ1v) is 31.1. The van der Waals surface area contributed by atoms with Crippen molar-refractivity contribution in [2.75, 3.05) is 13.2 Å². The van der Waals surface area contributed by atoms with Crippen LogP contribution in [-0.2, 0) is 14.3 Å². The van der Waals surface area contributed by atoms with Crippen molar-refractivity contribution in [3.8, 4) is 0 Å². The van der Waals surface area contributed by atoms with Crippen molar-refractivity contribution >= 4 is 11.9 Å². The molecule has 0 aliphatic heterocycles. The van der Waals surface area contributed by atoms with Gasteiger partial charge in [-0.25, -0.2) is 0 Å². The zero-order chi connectivity index (χ0) is 50.0. The van der Waals surface area contributed by atoms with Crippen LogP contribution in [0.3, 0.4) is 0 Å². The zero-order valence-electron chi connectivity index (χ0n) is 46.6. The summed E-state index contributed by atoms with van der Waals surface area (Å²) in [7, 11) is 0. The van der Waals surface area contributed by atoms with Gasteiger partial charge in [0.1, 0.15) is 0 Å². The van der Waals surface area contributed by atoms with E-state index in [1.54, 1.807) is 6.08 Å². The quantitative estimate of drug-likeness (QED) is 0.0321. The highest BCUT2D eigenvalue weighted by molar-refractivity contribution is 5.76. The van der Waals surface area contributed by atoms with Gasteiger partial charge >= 0.3 is 5.97 Å². The van der Waals surface area contributed by atoms with E-state index in [0.717, 1.165) is 38.5 Å². The van der Waals surface area contributed by atoms with Gasteiger partial charge in [-0.1, -0.05) is 295 Å². The maximum Gasteiger partial charge on any atom is 0.305 e. The molecule has 0 bridgehead atoms. The lowest BCUT2D eigenvalue weighted by Crippen LogP contribution is -2.45. The Labute approximate surface area is 431 Å². The fourth-order valence-electron chi connectivity index (χ4n) is 9.69. The number of hydrogen-bond donors (Lipinski definition) is 3. The molecule has 0 aromatic rings. The Morgan fingerprint density at radius 2 is 0.681 bits per heavy atom. The van der Waals surface area contributed by atoms with Gasteiger partial charge in [0, 0.05) is 12.8 Å². The smallest absolute Gasteiger partial charge is 0.305 e. The Morgan fingerprint density at radius 3 is 1.03 bits per heavy atom. The van der Waals surface area contributed by atoms with Crippen LogP contribution >= 0.6 is 0 Å². The molecule has 2 atom stereocenters. The predicted octanol–water partition coefficient (Wildman–Crippen LogP) is 19.4. The third-order valence-electron chi connectivity index (χ3n) is 14.5. The molecule has 1 amide bonds. The average molecular weight is 973 g/mol. The highest BCUT2D eigenvalue weighted by atomic mass is 16.5. The fraction of sp³-hybridized carbons (Fsp3) is 0.905. The molecule has 0 radical (unpaired) electrons. The van der Waals surface area contributed by atoms with Crippen molar-refractivity contribution in [2.45, 2.75) is 353 Å². The number of aliphatic hydroxyl groups is 2. The summed E-state index contributed by atoms with van der Waals surface area (Å²) in [5.74, 6) is -0.0505. The maximum absolute atomic E-state index is 12.4. The van der Waals surface area contributed by atoms with Gasteiger partial charge in [-0.2, -0.15) is 0 Å². The number of amides is 1. The lowest BCUT2D eigenvalue weighted by atomic mass is 10.0. The predicted molar refractivity (Wildman–Crippen MR) is 301 cm³/mol. The van der Waals surface area contributed by atoms with Gasteiger partial charge in [-0.15, -0.1) is 0 Å². The summed E-state index contributed by atoms with van der Waals surface area (Å²) in [6.45, 7) is 4.89. The number of allylic oxidation sites excluding steroid dienone is 3. The molecule has 0 aliphatic carbocycles. The second kappa shape index (κ2) is 58.9. The molecule has 0 aliphatic rings. The van der Waals surface area contributed by atoms with Crippen LogP contribution in [0.4, 0.5) is 0 Å². The molecule has 408 valence electrons. The fourth-order valence-corrected chi connectivity index (χ4v) is 9.69. The van der Waals surface area contributed by atoms with E-state index in [-0.39, 0.29) is 18.5 Å². The van der Waals surface area contributed by atoms with E-state index in [2.05, 4.69) is 31.3 Å². The molecule has 6 heteroatoms. The van der Waals surface area contributed by atoms with E-state index in [1.165, 1.54) is 276 Å². The first-order chi connectivity index (χ1) is 34.0. The molecule has 0 saturated heterocycles.